The van der Waals surface area contributed by atoms with Crippen molar-refractivity contribution in [2.24, 2.45) is 0 Å². The van der Waals surface area contributed by atoms with Crippen molar-refractivity contribution in [3.8, 4) is 0 Å². The number of aliphatic carboxylic acids is 1. The van der Waals surface area contributed by atoms with E-state index in [1.807, 2.05) is 6.07 Å². The second-order valence-electron chi connectivity index (χ2n) is 7.63. The molecule has 2 rings (SSSR count). The number of ether oxygens (including phenoxy) is 1. The smallest absolute Gasteiger partial charge is 0.411 e. The maximum absolute atomic E-state index is 12.4. The SMILES string of the molecule is CC(C(=O)O)N(CCCc1ccc2c(n1)NCCC2)C(=O)OC(C)(C)C. The minimum atomic E-state index is -1.05. The van der Waals surface area contributed by atoms with Crippen LogP contribution < -0.4 is 5.32 Å². The molecule has 0 bridgehead atoms. The van der Waals surface area contributed by atoms with Crippen LogP contribution in [0.3, 0.4) is 0 Å². The summed E-state index contributed by atoms with van der Waals surface area (Å²) in [6, 6.07) is 3.16. The molecule has 0 spiro atoms. The van der Waals surface area contributed by atoms with Crippen LogP contribution in [0.25, 0.3) is 0 Å². The highest BCUT2D eigenvalue weighted by Gasteiger charge is 2.29. The number of aryl methyl sites for hydroxylation is 2. The number of hydrogen-bond donors (Lipinski definition) is 2. The molecule has 7 nitrogen and oxygen atoms in total. The summed E-state index contributed by atoms with van der Waals surface area (Å²) in [4.78, 5) is 29.6. The van der Waals surface area contributed by atoms with E-state index in [4.69, 9.17) is 4.74 Å². The van der Waals surface area contributed by atoms with Crippen molar-refractivity contribution in [1.82, 2.24) is 9.88 Å². The van der Waals surface area contributed by atoms with Crippen molar-refractivity contribution in [2.45, 2.75) is 65.0 Å². The van der Waals surface area contributed by atoms with Crippen molar-refractivity contribution in [2.75, 3.05) is 18.4 Å². The van der Waals surface area contributed by atoms with Gasteiger partial charge in [0.1, 0.15) is 17.5 Å². The summed E-state index contributed by atoms with van der Waals surface area (Å²) >= 11 is 0. The fraction of sp³-hybridized carbons (Fsp3) is 0.632. The van der Waals surface area contributed by atoms with Gasteiger partial charge in [-0.2, -0.15) is 0 Å². The van der Waals surface area contributed by atoms with Crippen molar-refractivity contribution in [3.05, 3.63) is 23.4 Å². The minimum absolute atomic E-state index is 0.300. The number of nitrogens with zero attached hydrogens (tertiary/aromatic N) is 2. The van der Waals surface area contributed by atoms with Gasteiger partial charge >= 0.3 is 12.1 Å². The average molecular weight is 363 g/mol. The molecule has 0 aromatic carbocycles. The Morgan fingerprint density at radius 1 is 1.38 bits per heavy atom. The van der Waals surface area contributed by atoms with E-state index >= 15 is 0 Å². The fourth-order valence-corrected chi connectivity index (χ4v) is 2.84. The molecular weight excluding hydrogens is 334 g/mol. The highest BCUT2D eigenvalue weighted by Crippen LogP contribution is 2.20. The lowest BCUT2D eigenvalue weighted by Crippen LogP contribution is -2.46. The number of pyridine rings is 1. The predicted molar refractivity (Wildman–Crippen MR) is 99.4 cm³/mol. The van der Waals surface area contributed by atoms with Crippen LogP contribution >= 0.6 is 0 Å². The standard InChI is InChI=1S/C19H29N3O4/c1-13(17(23)24)22(18(25)26-19(2,3)4)12-6-8-15-10-9-14-7-5-11-20-16(14)21-15/h9-10,13H,5-8,11-12H2,1-4H3,(H,20,21)(H,23,24). The first-order valence-corrected chi connectivity index (χ1v) is 9.12. The molecule has 144 valence electrons. The Labute approximate surface area is 154 Å². The number of aromatic nitrogens is 1. The van der Waals surface area contributed by atoms with Gasteiger partial charge < -0.3 is 15.2 Å². The first-order valence-electron chi connectivity index (χ1n) is 9.12. The Bertz CT molecular complexity index is 655. The van der Waals surface area contributed by atoms with E-state index in [2.05, 4.69) is 16.4 Å². The highest BCUT2D eigenvalue weighted by molar-refractivity contribution is 5.79. The molecule has 2 N–H and O–H groups in total. The van der Waals surface area contributed by atoms with Crippen LogP contribution in [0.4, 0.5) is 10.6 Å². The van der Waals surface area contributed by atoms with E-state index in [1.165, 1.54) is 17.4 Å². The lowest BCUT2D eigenvalue weighted by molar-refractivity contribution is -0.142. The van der Waals surface area contributed by atoms with E-state index in [9.17, 15) is 14.7 Å². The van der Waals surface area contributed by atoms with Crippen molar-refractivity contribution in [1.29, 1.82) is 0 Å². The summed E-state index contributed by atoms with van der Waals surface area (Å²) in [5.74, 6) is -0.108. The van der Waals surface area contributed by atoms with E-state index < -0.39 is 23.7 Å². The summed E-state index contributed by atoms with van der Waals surface area (Å²) in [5.41, 5.74) is 1.50. The summed E-state index contributed by atoms with van der Waals surface area (Å²) in [6.45, 7) is 8.02. The van der Waals surface area contributed by atoms with Gasteiger partial charge in [-0.15, -0.1) is 0 Å². The number of carboxylic acid groups (broad SMARTS) is 1. The van der Waals surface area contributed by atoms with Crippen molar-refractivity contribution in [3.63, 3.8) is 0 Å². The van der Waals surface area contributed by atoms with Crippen molar-refractivity contribution >= 4 is 17.9 Å². The third kappa shape index (κ3) is 5.61. The van der Waals surface area contributed by atoms with Gasteiger partial charge in [0, 0.05) is 18.8 Å². The molecule has 0 saturated carbocycles. The molecule has 0 radical (unpaired) electrons. The minimum Gasteiger partial charge on any atom is -0.480 e. The number of carboxylic acids is 1. The number of anilines is 1. The molecule has 1 aromatic heterocycles. The number of hydrogen-bond acceptors (Lipinski definition) is 5. The topological polar surface area (TPSA) is 91.8 Å². The van der Waals surface area contributed by atoms with Crippen LogP contribution in [-0.4, -0.2) is 51.8 Å². The van der Waals surface area contributed by atoms with E-state index in [0.29, 0.717) is 19.4 Å². The van der Waals surface area contributed by atoms with Crippen LogP contribution in [-0.2, 0) is 22.4 Å². The molecule has 0 saturated heterocycles. The lowest BCUT2D eigenvalue weighted by Gasteiger charge is -2.29. The summed E-state index contributed by atoms with van der Waals surface area (Å²) < 4.78 is 5.35. The van der Waals surface area contributed by atoms with E-state index in [0.717, 1.165) is 30.9 Å². The van der Waals surface area contributed by atoms with Crippen LogP contribution in [0, 0.1) is 0 Å². The van der Waals surface area contributed by atoms with Gasteiger partial charge in [-0.1, -0.05) is 6.07 Å². The van der Waals surface area contributed by atoms with Gasteiger partial charge in [0.25, 0.3) is 0 Å². The Morgan fingerprint density at radius 3 is 2.77 bits per heavy atom. The zero-order chi connectivity index (χ0) is 19.3. The van der Waals surface area contributed by atoms with Crippen LogP contribution in [0.2, 0.25) is 0 Å². The summed E-state index contributed by atoms with van der Waals surface area (Å²) in [7, 11) is 0. The molecule has 1 aliphatic heterocycles. The van der Waals surface area contributed by atoms with Crippen molar-refractivity contribution < 1.29 is 19.4 Å². The Hall–Kier alpha value is -2.31. The number of amides is 1. The summed E-state index contributed by atoms with van der Waals surface area (Å²) in [6.07, 6.45) is 2.83. The zero-order valence-corrected chi connectivity index (χ0v) is 16.0. The molecule has 1 amide bonds. The van der Waals surface area contributed by atoms with Gasteiger partial charge in [-0.05, 0) is 65.0 Å². The Kier molecular flexibility index (Phi) is 6.45. The van der Waals surface area contributed by atoms with Crippen LogP contribution in [0.1, 0.15) is 51.8 Å². The number of rotatable bonds is 6. The van der Waals surface area contributed by atoms with E-state index in [-0.39, 0.29) is 0 Å². The van der Waals surface area contributed by atoms with Crippen LogP contribution in [0.15, 0.2) is 12.1 Å². The highest BCUT2D eigenvalue weighted by atomic mass is 16.6. The molecule has 2 heterocycles. The van der Waals surface area contributed by atoms with Gasteiger partial charge in [0.15, 0.2) is 0 Å². The molecule has 1 aromatic rings. The average Bonchev–Trinajstić information content (AvgIpc) is 2.56. The maximum Gasteiger partial charge on any atom is 0.411 e. The van der Waals surface area contributed by atoms with Gasteiger partial charge in [-0.25, -0.2) is 14.6 Å². The number of nitrogens with one attached hydrogen (secondary N) is 1. The molecular formula is C19H29N3O4. The first kappa shape index (κ1) is 20.0. The van der Waals surface area contributed by atoms with Gasteiger partial charge in [0.2, 0.25) is 0 Å². The molecule has 0 fully saturated rings. The lowest BCUT2D eigenvalue weighted by atomic mass is 10.1. The Balaban J connectivity index is 1.98. The first-order chi connectivity index (χ1) is 12.2. The Morgan fingerprint density at radius 2 is 2.12 bits per heavy atom. The molecule has 26 heavy (non-hydrogen) atoms. The van der Waals surface area contributed by atoms with Crippen LogP contribution in [0.5, 0.6) is 0 Å². The van der Waals surface area contributed by atoms with Gasteiger partial charge in [0.05, 0.1) is 0 Å². The van der Waals surface area contributed by atoms with Gasteiger partial charge in [-0.3, -0.25) is 4.90 Å². The fourth-order valence-electron chi connectivity index (χ4n) is 2.84. The molecule has 1 aliphatic rings. The maximum atomic E-state index is 12.4. The monoisotopic (exact) mass is 363 g/mol. The summed E-state index contributed by atoms with van der Waals surface area (Å²) in [5, 5.41) is 12.6. The zero-order valence-electron chi connectivity index (χ0n) is 16.0. The number of carbonyl (C=O) groups is 2. The molecule has 1 unspecified atom stereocenters. The quantitative estimate of drug-likeness (QED) is 0.807. The largest absolute Gasteiger partial charge is 0.480 e. The molecule has 1 atom stereocenters. The predicted octanol–water partition coefficient (Wildman–Crippen LogP) is 3.08. The normalized spacial score (nSPS) is 14.8. The second-order valence-corrected chi connectivity index (χ2v) is 7.63. The third-order valence-corrected chi connectivity index (χ3v) is 4.24. The molecule has 7 heteroatoms. The molecule has 0 aliphatic carbocycles. The van der Waals surface area contributed by atoms with E-state index in [1.54, 1.807) is 20.8 Å². The third-order valence-electron chi connectivity index (χ3n) is 4.24. The second kappa shape index (κ2) is 8.38. The number of carbonyl (C=O) groups excluding carboxylic acids is 1. The number of fused-ring (bicyclic) bond motifs is 1.